The first kappa shape index (κ1) is 21.5. The Morgan fingerprint density at radius 2 is 1.68 bits per heavy atom. The van der Waals surface area contributed by atoms with Gasteiger partial charge in [0.1, 0.15) is 12.1 Å². The van der Waals surface area contributed by atoms with E-state index in [9.17, 15) is 9.59 Å². The van der Waals surface area contributed by atoms with Crippen molar-refractivity contribution in [1.82, 2.24) is 5.32 Å². The van der Waals surface area contributed by atoms with Gasteiger partial charge in [-0.1, -0.05) is 48.5 Å². The molecule has 0 spiro atoms. The minimum atomic E-state index is -0.688. The van der Waals surface area contributed by atoms with Gasteiger partial charge in [0, 0.05) is 25.5 Å². The number of methoxy groups -OCH3 is 1. The maximum Gasteiger partial charge on any atom is 0.302 e. The third kappa shape index (κ3) is 4.81. The van der Waals surface area contributed by atoms with Crippen LogP contribution in [0.25, 0.3) is 0 Å². The third-order valence-corrected chi connectivity index (χ3v) is 6.35. The molecule has 31 heavy (non-hydrogen) atoms. The molecular formula is C25H29NO5. The quantitative estimate of drug-likeness (QED) is 0.743. The summed E-state index contributed by atoms with van der Waals surface area (Å²) in [6.45, 7) is 1.40. The Balaban J connectivity index is 1.60. The van der Waals surface area contributed by atoms with Gasteiger partial charge in [0.05, 0.1) is 6.10 Å². The summed E-state index contributed by atoms with van der Waals surface area (Å²) in [5.41, 5.74) is 1.81. The van der Waals surface area contributed by atoms with Gasteiger partial charge in [-0.15, -0.1) is 0 Å². The molecule has 2 aromatic carbocycles. The Kier molecular flexibility index (Phi) is 6.68. The lowest BCUT2D eigenvalue weighted by Crippen LogP contribution is -2.63. The molecule has 4 rings (SSSR count). The topological polar surface area (TPSA) is 73.9 Å². The Bertz CT molecular complexity index is 887. The average Bonchev–Trinajstić information content (AvgIpc) is 2.80. The van der Waals surface area contributed by atoms with Crippen molar-refractivity contribution >= 4 is 11.9 Å². The molecule has 6 atom stereocenters. The Hall–Kier alpha value is -2.70. The second-order valence-corrected chi connectivity index (χ2v) is 8.30. The van der Waals surface area contributed by atoms with Crippen LogP contribution < -0.4 is 5.32 Å². The third-order valence-electron chi connectivity index (χ3n) is 6.35. The van der Waals surface area contributed by atoms with Gasteiger partial charge in [0.15, 0.2) is 6.29 Å². The first-order valence-electron chi connectivity index (χ1n) is 10.8. The van der Waals surface area contributed by atoms with Crippen LogP contribution in [0.5, 0.6) is 0 Å². The van der Waals surface area contributed by atoms with Gasteiger partial charge < -0.3 is 19.5 Å². The van der Waals surface area contributed by atoms with E-state index in [1.807, 2.05) is 36.4 Å². The number of carbonyl (C=O) groups excluding carboxylic acids is 2. The molecule has 0 bridgehead atoms. The summed E-state index contributed by atoms with van der Waals surface area (Å²) < 4.78 is 17.7. The standard InChI is InChI=1S/C25H29NO5/c1-16(27)30-23-20-15-19(17-9-5-3-6-10-17)13-14-21(20)31-25(29-2)22(23)26-24(28)18-11-7-4-8-12-18/h3-12,19-23,25H,13-15H2,1-2H3,(H,26,28)/t19-,20-,21-,22+,23-,25-/m0/s1. The summed E-state index contributed by atoms with van der Waals surface area (Å²) in [6, 6.07) is 18.8. The number of benzene rings is 2. The summed E-state index contributed by atoms with van der Waals surface area (Å²) in [7, 11) is 1.55. The van der Waals surface area contributed by atoms with Crippen molar-refractivity contribution in [1.29, 1.82) is 0 Å². The number of amides is 1. The molecule has 1 saturated carbocycles. The van der Waals surface area contributed by atoms with Crippen LogP contribution in [-0.2, 0) is 19.0 Å². The van der Waals surface area contributed by atoms with Crippen molar-refractivity contribution in [2.75, 3.05) is 7.11 Å². The first-order valence-corrected chi connectivity index (χ1v) is 10.8. The number of carbonyl (C=O) groups is 2. The van der Waals surface area contributed by atoms with Gasteiger partial charge in [0.2, 0.25) is 0 Å². The Labute approximate surface area is 182 Å². The monoisotopic (exact) mass is 423 g/mol. The van der Waals surface area contributed by atoms with E-state index in [2.05, 4.69) is 17.4 Å². The lowest BCUT2D eigenvalue weighted by atomic mass is 9.71. The molecule has 0 unspecified atom stereocenters. The van der Waals surface area contributed by atoms with E-state index in [0.29, 0.717) is 11.5 Å². The largest absolute Gasteiger partial charge is 0.460 e. The molecule has 1 heterocycles. The lowest BCUT2D eigenvalue weighted by molar-refractivity contribution is -0.253. The van der Waals surface area contributed by atoms with E-state index >= 15 is 0 Å². The molecule has 1 amide bonds. The molecule has 2 fully saturated rings. The normalized spacial score (nSPS) is 30.1. The highest BCUT2D eigenvalue weighted by atomic mass is 16.7. The number of hydrogen-bond donors (Lipinski definition) is 1. The van der Waals surface area contributed by atoms with Crippen LogP contribution in [0.3, 0.4) is 0 Å². The van der Waals surface area contributed by atoms with Crippen LogP contribution in [0.1, 0.15) is 48.0 Å². The molecule has 6 heteroatoms. The minimum absolute atomic E-state index is 0.0321. The van der Waals surface area contributed by atoms with E-state index in [-0.39, 0.29) is 23.9 Å². The molecule has 2 aliphatic rings. The van der Waals surface area contributed by atoms with Crippen molar-refractivity contribution in [3.8, 4) is 0 Å². The second kappa shape index (κ2) is 9.62. The SMILES string of the molecule is CO[C@H]1O[C@H]2CC[C@H](c3ccccc3)C[C@@H]2[C@H](OC(C)=O)[C@H]1NC(=O)c1ccccc1. The number of fused-ring (bicyclic) bond motifs is 1. The van der Waals surface area contributed by atoms with Crippen molar-refractivity contribution in [3.63, 3.8) is 0 Å². The van der Waals surface area contributed by atoms with Gasteiger partial charge >= 0.3 is 5.97 Å². The zero-order valence-electron chi connectivity index (χ0n) is 17.9. The van der Waals surface area contributed by atoms with E-state index in [4.69, 9.17) is 14.2 Å². The summed E-state index contributed by atoms with van der Waals surface area (Å²) in [5.74, 6) is -0.299. The zero-order chi connectivity index (χ0) is 21.8. The van der Waals surface area contributed by atoms with E-state index in [1.165, 1.54) is 12.5 Å². The number of ether oxygens (including phenoxy) is 3. The molecule has 0 radical (unpaired) electrons. The highest BCUT2D eigenvalue weighted by Crippen LogP contribution is 2.44. The molecule has 1 aliphatic carbocycles. The van der Waals surface area contributed by atoms with Gasteiger partial charge in [-0.3, -0.25) is 9.59 Å². The summed E-state index contributed by atoms with van der Waals surface area (Å²) in [6.07, 6.45) is 1.36. The van der Waals surface area contributed by atoms with Gasteiger partial charge in [-0.05, 0) is 42.9 Å². The fourth-order valence-corrected chi connectivity index (χ4v) is 4.93. The van der Waals surface area contributed by atoms with Crippen LogP contribution >= 0.6 is 0 Å². The highest BCUT2D eigenvalue weighted by molar-refractivity contribution is 5.94. The lowest BCUT2D eigenvalue weighted by Gasteiger charge is -2.49. The van der Waals surface area contributed by atoms with E-state index < -0.39 is 18.4 Å². The van der Waals surface area contributed by atoms with Crippen molar-refractivity contribution < 1.29 is 23.8 Å². The van der Waals surface area contributed by atoms with Crippen LogP contribution in [0.4, 0.5) is 0 Å². The summed E-state index contributed by atoms with van der Waals surface area (Å²) in [4.78, 5) is 24.9. The van der Waals surface area contributed by atoms with Crippen LogP contribution in [0.2, 0.25) is 0 Å². The fourth-order valence-electron chi connectivity index (χ4n) is 4.93. The highest BCUT2D eigenvalue weighted by Gasteiger charge is 2.50. The molecule has 1 aliphatic heterocycles. The van der Waals surface area contributed by atoms with Gasteiger partial charge in [-0.2, -0.15) is 0 Å². The predicted octanol–water partition coefficient (Wildman–Crippen LogP) is 3.67. The van der Waals surface area contributed by atoms with Gasteiger partial charge in [0.25, 0.3) is 5.91 Å². The van der Waals surface area contributed by atoms with Crippen molar-refractivity contribution in [2.45, 2.75) is 56.6 Å². The van der Waals surface area contributed by atoms with E-state index in [0.717, 1.165) is 19.3 Å². The molecule has 1 saturated heterocycles. The zero-order valence-corrected chi connectivity index (χ0v) is 17.9. The second-order valence-electron chi connectivity index (χ2n) is 8.30. The summed E-state index contributed by atoms with van der Waals surface area (Å²) >= 11 is 0. The maximum absolute atomic E-state index is 12.9. The fraction of sp³-hybridized carbons (Fsp3) is 0.440. The molecule has 6 nitrogen and oxygen atoms in total. The molecule has 164 valence electrons. The molecule has 0 aromatic heterocycles. The number of esters is 1. The van der Waals surface area contributed by atoms with Crippen LogP contribution in [-0.4, -0.2) is 43.5 Å². The number of rotatable bonds is 5. The molecule has 2 aromatic rings. The average molecular weight is 424 g/mol. The molecular weight excluding hydrogens is 394 g/mol. The predicted molar refractivity (Wildman–Crippen MR) is 115 cm³/mol. The first-order chi connectivity index (χ1) is 15.1. The Morgan fingerprint density at radius 3 is 2.32 bits per heavy atom. The van der Waals surface area contributed by atoms with Crippen molar-refractivity contribution in [2.24, 2.45) is 5.92 Å². The van der Waals surface area contributed by atoms with Crippen LogP contribution in [0, 0.1) is 5.92 Å². The van der Waals surface area contributed by atoms with Gasteiger partial charge in [-0.25, -0.2) is 0 Å². The number of hydrogen-bond acceptors (Lipinski definition) is 5. The minimum Gasteiger partial charge on any atom is -0.460 e. The Morgan fingerprint density at radius 1 is 1.00 bits per heavy atom. The van der Waals surface area contributed by atoms with Crippen LogP contribution in [0.15, 0.2) is 60.7 Å². The van der Waals surface area contributed by atoms with E-state index in [1.54, 1.807) is 19.2 Å². The van der Waals surface area contributed by atoms with Crippen molar-refractivity contribution in [3.05, 3.63) is 71.8 Å². The summed E-state index contributed by atoms with van der Waals surface area (Å²) in [5, 5.41) is 3.01. The molecule has 1 N–H and O–H groups in total. The number of nitrogens with one attached hydrogen (secondary N) is 1. The smallest absolute Gasteiger partial charge is 0.302 e. The maximum atomic E-state index is 12.9.